The summed E-state index contributed by atoms with van der Waals surface area (Å²) >= 11 is 0. The Hall–Kier alpha value is -3.98. The van der Waals surface area contributed by atoms with Gasteiger partial charge in [-0.2, -0.15) is 5.10 Å². The van der Waals surface area contributed by atoms with Gasteiger partial charge in [0.25, 0.3) is 5.91 Å². The third-order valence-corrected chi connectivity index (χ3v) is 7.83. The van der Waals surface area contributed by atoms with Crippen molar-refractivity contribution >= 4 is 38.5 Å². The Morgan fingerprint density at radius 3 is 2.85 bits per heavy atom. The van der Waals surface area contributed by atoms with E-state index in [0.29, 0.717) is 12.3 Å². The highest BCUT2D eigenvalue weighted by molar-refractivity contribution is 6.26. The third-order valence-electron chi connectivity index (χ3n) is 7.83. The minimum absolute atomic E-state index is 0.0227. The molecule has 0 fully saturated rings. The second-order valence-corrected chi connectivity index (χ2v) is 10.7. The van der Waals surface area contributed by atoms with E-state index in [9.17, 15) is 9.90 Å². The van der Waals surface area contributed by atoms with Crippen LogP contribution in [0.5, 0.6) is 11.6 Å². The summed E-state index contributed by atoms with van der Waals surface area (Å²) in [5, 5.41) is 22.6. The highest BCUT2D eigenvalue weighted by Crippen LogP contribution is 2.49. The van der Waals surface area contributed by atoms with Gasteiger partial charge < -0.3 is 29.6 Å². The molecule has 9 heteroatoms. The number of hydrogen-bond donors (Lipinski definition) is 3. The summed E-state index contributed by atoms with van der Waals surface area (Å²) in [5.74, 6) is 0.711. The number of hydrogen-bond acceptors (Lipinski definition) is 5. The first-order chi connectivity index (χ1) is 18.9. The van der Waals surface area contributed by atoms with Crippen molar-refractivity contribution < 1.29 is 14.6 Å². The minimum Gasteiger partial charge on any atom is -0.494 e. The van der Waals surface area contributed by atoms with Crippen molar-refractivity contribution in [3.8, 4) is 22.8 Å². The Kier molecular flexibility index (Phi) is 6.46. The molecule has 3 heterocycles. The number of unbranched alkanes of at least 4 members (excludes halogenated alkanes) is 1. The number of rotatable bonds is 9. The fourth-order valence-electron chi connectivity index (χ4n) is 6.16. The van der Waals surface area contributed by atoms with Gasteiger partial charge in [0.05, 0.1) is 16.6 Å². The van der Waals surface area contributed by atoms with Crippen LogP contribution in [-0.2, 0) is 31.2 Å². The zero-order valence-corrected chi connectivity index (χ0v) is 23.1. The van der Waals surface area contributed by atoms with Crippen molar-refractivity contribution in [3.63, 3.8) is 0 Å². The van der Waals surface area contributed by atoms with E-state index in [0.717, 1.165) is 82.7 Å². The topological polar surface area (TPSA) is 100 Å². The van der Waals surface area contributed by atoms with Gasteiger partial charge in [0.1, 0.15) is 5.75 Å². The Balaban J connectivity index is 1.38. The molecule has 0 aliphatic heterocycles. The van der Waals surface area contributed by atoms with E-state index >= 15 is 0 Å². The highest BCUT2D eigenvalue weighted by Gasteiger charge is 2.29. The normalized spacial score (nSPS) is 12.9. The van der Waals surface area contributed by atoms with Gasteiger partial charge in [-0.1, -0.05) is 0 Å². The van der Waals surface area contributed by atoms with Crippen LogP contribution < -0.4 is 10.1 Å². The number of H-pyrrole nitrogens is 1. The standard InChI is InChI=1S/C30H36N6O3/c1-5-36-24-11-8-18(39-17-25(37)31-12-6-7-13-34(2)3)14-20(24)27-21-15-32-30(38)28(21)26-19(29(27)36)9-10-23-22(26)16-35(4)33-23/h8,11,14-16,32,38H,5-7,9-10,12-13,17H2,1-4H3,(H,31,37). The van der Waals surface area contributed by atoms with Crippen LogP contribution in [0.3, 0.4) is 0 Å². The molecule has 39 heavy (non-hydrogen) atoms. The molecule has 2 aromatic carbocycles. The summed E-state index contributed by atoms with van der Waals surface area (Å²) < 4.78 is 10.2. The van der Waals surface area contributed by atoms with Gasteiger partial charge in [-0.25, -0.2) is 0 Å². The molecule has 3 N–H and O–H groups in total. The predicted molar refractivity (Wildman–Crippen MR) is 155 cm³/mol. The van der Waals surface area contributed by atoms with Crippen molar-refractivity contribution in [3.05, 3.63) is 41.9 Å². The smallest absolute Gasteiger partial charge is 0.257 e. The lowest BCUT2D eigenvalue weighted by Gasteiger charge is -2.20. The maximum absolute atomic E-state index is 12.4. The molecule has 0 unspecified atom stereocenters. The average molecular weight is 529 g/mol. The summed E-state index contributed by atoms with van der Waals surface area (Å²) in [6.45, 7) is 4.61. The van der Waals surface area contributed by atoms with Gasteiger partial charge in [-0.05, 0) is 77.0 Å². The number of nitrogens with one attached hydrogen (secondary N) is 2. The van der Waals surface area contributed by atoms with E-state index in [2.05, 4.69) is 58.1 Å². The minimum atomic E-state index is -0.116. The largest absolute Gasteiger partial charge is 0.494 e. The van der Waals surface area contributed by atoms with Crippen LogP contribution in [0.2, 0.25) is 0 Å². The molecule has 1 aliphatic rings. The molecule has 204 valence electrons. The molecular formula is C30H36N6O3. The van der Waals surface area contributed by atoms with Gasteiger partial charge in [0, 0.05) is 65.3 Å². The fourth-order valence-corrected chi connectivity index (χ4v) is 6.16. The zero-order chi connectivity index (χ0) is 27.3. The summed E-state index contributed by atoms with van der Waals surface area (Å²) in [4.78, 5) is 17.6. The van der Waals surface area contributed by atoms with E-state index in [1.165, 1.54) is 11.1 Å². The van der Waals surface area contributed by atoms with Crippen molar-refractivity contribution in [2.24, 2.45) is 7.05 Å². The lowest BCUT2D eigenvalue weighted by Crippen LogP contribution is -2.30. The van der Waals surface area contributed by atoms with Crippen molar-refractivity contribution in [2.75, 3.05) is 33.8 Å². The number of aromatic nitrogens is 4. The number of benzene rings is 2. The molecule has 9 nitrogen and oxygen atoms in total. The van der Waals surface area contributed by atoms with Crippen LogP contribution in [-0.4, -0.2) is 69.0 Å². The lowest BCUT2D eigenvalue weighted by atomic mass is 9.85. The number of aryl methyl sites for hydroxylation is 4. The third kappa shape index (κ3) is 4.30. The number of aromatic hydroxyl groups is 1. The average Bonchev–Trinajstić information content (AvgIpc) is 3.58. The van der Waals surface area contributed by atoms with Crippen molar-refractivity contribution in [1.29, 1.82) is 0 Å². The lowest BCUT2D eigenvalue weighted by molar-refractivity contribution is -0.123. The zero-order valence-electron chi connectivity index (χ0n) is 23.1. The Bertz CT molecular complexity index is 1710. The molecule has 0 saturated carbocycles. The van der Waals surface area contributed by atoms with Gasteiger partial charge in [-0.15, -0.1) is 0 Å². The van der Waals surface area contributed by atoms with Gasteiger partial charge in [0.15, 0.2) is 12.5 Å². The van der Waals surface area contributed by atoms with E-state index in [-0.39, 0.29) is 18.4 Å². The number of amides is 1. The van der Waals surface area contributed by atoms with Crippen LogP contribution in [0.4, 0.5) is 0 Å². The second kappa shape index (κ2) is 9.96. The number of fused-ring (bicyclic) bond motifs is 10. The van der Waals surface area contributed by atoms with Crippen LogP contribution in [0.25, 0.3) is 43.7 Å². The van der Waals surface area contributed by atoms with Crippen molar-refractivity contribution in [2.45, 2.75) is 39.2 Å². The van der Waals surface area contributed by atoms with E-state index in [4.69, 9.17) is 4.74 Å². The maximum atomic E-state index is 12.4. The number of ether oxygens (including phenoxy) is 1. The fraction of sp³-hybridized carbons (Fsp3) is 0.400. The first kappa shape index (κ1) is 25.3. The van der Waals surface area contributed by atoms with Crippen LogP contribution >= 0.6 is 0 Å². The molecule has 0 radical (unpaired) electrons. The predicted octanol–water partition coefficient (Wildman–Crippen LogP) is 4.34. The number of nitrogens with zero attached hydrogens (tertiary/aromatic N) is 4. The second-order valence-electron chi connectivity index (χ2n) is 10.7. The number of aromatic amines is 1. The molecular weight excluding hydrogens is 492 g/mol. The van der Waals surface area contributed by atoms with Gasteiger partial charge in [-0.3, -0.25) is 9.48 Å². The van der Waals surface area contributed by atoms with E-state index in [1.54, 1.807) is 0 Å². The maximum Gasteiger partial charge on any atom is 0.257 e. The highest BCUT2D eigenvalue weighted by atomic mass is 16.5. The summed E-state index contributed by atoms with van der Waals surface area (Å²) in [7, 11) is 6.05. The van der Waals surface area contributed by atoms with Crippen LogP contribution in [0, 0.1) is 0 Å². The van der Waals surface area contributed by atoms with Gasteiger partial charge in [0.2, 0.25) is 0 Å². The van der Waals surface area contributed by atoms with E-state index < -0.39 is 0 Å². The summed E-state index contributed by atoms with van der Waals surface area (Å²) in [6, 6.07) is 6.05. The SMILES string of the molecule is CCn1c2ccc(OCC(=O)NCCCCN(C)C)cc2c2c3c[nH]c(O)c3c3c(c21)CCc1nn(C)cc1-3. The molecule has 0 atom stereocenters. The Morgan fingerprint density at radius 2 is 2.05 bits per heavy atom. The molecule has 5 aromatic rings. The Labute approximate surface area is 227 Å². The number of carbonyl (C=O) groups is 1. The molecule has 0 saturated heterocycles. The van der Waals surface area contributed by atoms with Gasteiger partial charge >= 0.3 is 0 Å². The molecule has 0 spiro atoms. The molecule has 3 aromatic heterocycles. The quantitative estimate of drug-likeness (QED) is 0.247. The molecule has 1 aliphatic carbocycles. The monoisotopic (exact) mass is 528 g/mol. The first-order valence-corrected chi connectivity index (χ1v) is 13.7. The van der Waals surface area contributed by atoms with Crippen molar-refractivity contribution in [1.82, 2.24) is 29.5 Å². The van der Waals surface area contributed by atoms with Crippen LogP contribution in [0.1, 0.15) is 31.0 Å². The molecule has 1 amide bonds. The summed E-state index contributed by atoms with van der Waals surface area (Å²) in [6.07, 6.45) is 7.65. The molecule has 0 bridgehead atoms. The van der Waals surface area contributed by atoms with Crippen LogP contribution in [0.15, 0.2) is 30.6 Å². The number of carbonyl (C=O) groups excluding carboxylic acids is 1. The first-order valence-electron chi connectivity index (χ1n) is 13.7. The summed E-state index contributed by atoms with van der Waals surface area (Å²) in [5.41, 5.74) is 6.76. The molecule has 6 rings (SSSR count). The van der Waals surface area contributed by atoms with E-state index in [1.807, 2.05) is 30.1 Å². The Morgan fingerprint density at radius 1 is 1.21 bits per heavy atom.